The van der Waals surface area contributed by atoms with E-state index in [9.17, 15) is 18.0 Å². The number of amides is 2. The Labute approximate surface area is 237 Å². The number of nitrogens with two attached hydrogens (primary N) is 1. The lowest BCUT2D eigenvalue weighted by Crippen LogP contribution is -2.34. The summed E-state index contributed by atoms with van der Waals surface area (Å²) in [7, 11) is -3.68. The number of nitrogens with zero attached hydrogens (tertiary/aromatic N) is 5. The van der Waals surface area contributed by atoms with E-state index in [-0.39, 0.29) is 34.7 Å². The van der Waals surface area contributed by atoms with Gasteiger partial charge in [-0.15, -0.1) is 5.10 Å². The first-order chi connectivity index (χ1) is 19.4. The highest BCUT2D eigenvalue weighted by molar-refractivity contribution is 7.92. The number of nitrogens with one attached hydrogen (secondary N) is 2. The number of carbonyl (C=O) groups excluding carboxylic acids is 2. The lowest BCUT2D eigenvalue weighted by Gasteiger charge is -2.24. The fourth-order valence-electron chi connectivity index (χ4n) is 5.49. The summed E-state index contributed by atoms with van der Waals surface area (Å²) in [5.41, 5.74) is 10.9. The number of pyridine rings is 1. The molecule has 2 aliphatic rings. The highest BCUT2D eigenvalue weighted by atomic mass is 32.2. The third kappa shape index (κ3) is 5.08. The van der Waals surface area contributed by atoms with Crippen LogP contribution in [0.25, 0.3) is 16.9 Å². The van der Waals surface area contributed by atoms with E-state index in [1.807, 2.05) is 26.8 Å². The lowest BCUT2D eigenvalue weighted by atomic mass is 10.0. The molecule has 0 spiro atoms. The summed E-state index contributed by atoms with van der Waals surface area (Å²) < 4.78 is 28.4. The Kier molecular flexibility index (Phi) is 6.21. The molecule has 41 heavy (non-hydrogen) atoms. The van der Waals surface area contributed by atoms with E-state index in [1.54, 1.807) is 35.4 Å². The molecule has 1 aromatic carbocycles. The van der Waals surface area contributed by atoms with Gasteiger partial charge in [-0.2, -0.15) is 0 Å². The second-order valence-electron chi connectivity index (χ2n) is 10.9. The number of carbonyl (C=O) groups is 2. The number of benzene rings is 1. The maximum Gasteiger partial charge on any atom is 0.263 e. The van der Waals surface area contributed by atoms with Gasteiger partial charge in [-0.1, -0.05) is 0 Å². The molecule has 0 bridgehead atoms. The van der Waals surface area contributed by atoms with Gasteiger partial charge >= 0.3 is 0 Å². The van der Waals surface area contributed by atoms with Crippen molar-refractivity contribution in [3.8, 4) is 11.3 Å². The van der Waals surface area contributed by atoms with Crippen LogP contribution in [0.1, 0.15) is 57.4 Å². The van der Waals surface area contributed by atoms with Crippen LogP contribution in [0.2, 0.25) is 0 Å². The standard InChI is InChI=1S/C28H30N8O4S/c1-14-9-20(10-15(2)30-14)31-27(37)24-25(29)33-36-8-7-21(32-26(24)36)18-11-19-13-35(16(3)17-5-6-17)28(38)23(19)22(12-18)34-41(4,39)40/h7-12,16-17,34H,5-6,13H2,1-4H3,(H2,29,33)(H,30,31,37)/t16-/m0/s1. The van der Waals surface area contributed by atoms with Crippen LogP contribution in [-0.4, -0.2) is 57.0 Å². The van der Waals surface area contributed by atoms with E-state index >= 15 is 0 Å². The van der Waals surface area contributed by atoms with Gasteiger partial charge in [0.1, 0.15) is 5.56 Å². The van der Waals surface area contributed by atoms with Crippen molar-refractivity contribution in [3.63, 3.8) is 0 Å². The second-order valence-corrected chi connectivity index (χ2v) is 12.6. The number of fused-ring (bicyclic) bond motifs is 2. The van der Waals surface area contributed by atoms with Gasteiger partial charge in [-0.05, 0) is 75.4 Å². The molecule has 13 heteroatoms. The first-order valence-corrected chi connectivity index (χ1v) is 15.1. The number of nitrogen functional groups attached to an aromatic ring is 1. The topological polar surface area (TPSA) is 165 Å². The van der Waals surface area contributed by atoms with Crippen molar-refractivity contribution in [2.75, 3.05) is 22.0 Å². The van der Waals surface area contributed by atoms with E-state index in [1.165, 1.54) is 4.52 Å². The molecular formula is C28H30N8O4S. The molecule has 4 aromatic rings. The van der Waals surface area contributed by atoms with Gasteiger partial charge in [0, 0.05) is 41.4 Å². The van der Waals surface area contributed by atoms with E-state index < -0.39 is 15.9 Å². The van der Waals surface area contributed by atoms with Crippen molar-refractivity contribution in [2.45, 2.75) is 46.2 Å². The Hall–Kier alpha value is -4.52. The fraction of sp³-hybridized carbons (Fsp3) is 0.321. The molecule has 0 unspecified atom stereocenters. The summed E-state index contributed by atoms with van der Waals surface area (Å²) in [5, 5.41) is 7.10. The highest BCUT2D eigenvalue weighted by Gasteiger charge is 2.40. The summed E-state index contributed by atoms with van der Waals surface area (Å²) in [6.07, 6.45) is 4.84. The van der Waals surface area contributed by atoms with Crippen LogP contribution in [0.5, 0.6) is 0 Å². The molecule has 0 saturated heterocycles. The molecule has 212 valence electrons. The third-order valence-electron chi connectivity index (χ3n) is 7.50. The van der Waals surface area contributed by atoms with E-state index in [4.69, 9.17) is 10.7 Å². The van der Waals surface area contributed by atoms with Crippen LogP contribution in [-0.2, 0) is 16.6 Å². The molecule has 0 radical (unpaired) electrons. The van der Waals surface area contributed by atoms with Crippen LogP contribution < -0.4 is 15.8 Å². The van der Waals surface area contributed by atoms with Gasteiger partial charge in [-0.3, -0.25) is 19.3 Å². The second kappa shape index (κ2) is 9.54. The van der Waals surface area contributed by atoms with E-state index in [0.717, 1.165) is 30.5 Å². The summed E-state index contributed by atoms with van der Waals surface area (Å²) >= 11 is 0. The molecule has 6 rings (SSSR count). The Morgan fingerprint density at radius 3 is 2.49 bits per heavy atom. The zero-order valence-corrected chi connectivity index (χ0v) is 23.9. The van der Waals surface area contributed by atoms with E-state index in [2.05, 4.69) is 20.1 Å². The Balaban J connectivity index is 1.41. The molecule has 1 atom stereocenters. The predicted octanol–water partition coefficient (Wildman–Crippen LogP) is 3.37. The van der Waals surface area contributed by atoms with Crippen molar-refractivity contribution < 1.29 is 18.0 Å². The van der Waals surface area contributed by atoms with Crippen LogP contribution >= 0.6 is 0 Å². The number of hydrogen-bond acceptors (Lipinski definition) is 8. The molecule has 4 N–H and O–H groups in total. The summed E-state index contributed by atoms with van der Waals surface area (Å²) in [6.45, 7) is 6.08. The lowest BCUT2D eigenvalue weighted by molar-refractivity contribution is 0.0698. The van der Waals surface area contributed by atoms with Gasteiger partial charge in [0.15, 0.2) is 11.5 Å². The fourth-order valence-corrected chi connectivity index (χ4v) is 6.05. The first-order valence-electron chi connectivity index (χ1n) is 13.3. The summed E-state index contributed by atoms with van der Waals surface area (Å²) in [6, 6.07) is 8.71. The average Bonchev–Trinajstić information content (AvgIpc) is 3.59. The predicted molar refractivity (Wildman–Crippen MR) is 155 cm³/mol. The molecule has 2 amide bonds. The van der Waals surface area contributed by atoms with Crippen molar-refractivity contribution in [2.24, 2.45) is 5.92 Å². The smallest absolute Gasteiger partial charge is 0.263 e. The minimum Gasteiger partial charge on any atom is -0.381 e. The van der Waals surface area contributed by atoms with Gasteiger partial charge in [0.2, 0.25) is 10.0 Å². The quantitative estimate of drug-likeness (QED) is 0.302. The Morgan fingerprint density at radius 2 is 1.83 bits per heavy atom. The third-order valence-corrected chi connectivity index (χ3v) is 8.09. The number of rotatable bonds is 7. The maximum atomic E-state index is 13.4. The number of hydrogen-bond donors (Lipinski definition) is 3. The van der Waals surface area contributed by atoms with Gasteiger partial charge in [-0.25, -0.2) is 17.9 Å². The molecule has 1 aliphatic carbocycles. The Morgan fingerprint density at radius 1 is 1.12 bits per heavy atom. The zero-order valence-electron chi connectivity index (χ0n) is 23.1. The minimum atomic E-state index is -3.68. The number of sulfonamides is 1. The summed E-state index contributed by atoms with van der Waals surface area (Å²) in [4.78, 5) is 37.6. The minimum absolute atomic E-state index is 0.0123. The molecule has 12 nitrogen and oxygen atoms in total. The molecule has 1 aliphatic heterocycles. The van der Waals surface area contributed by atoms with E-state index in [0.29, 0.717) is 40.5 Å². The van der Waals surface area contributed by atoms with Gasteiger partial charge in [0.25, 0.3) is 11.8 Å². The molecular weight excluding hydrogens is 544 g/mol. The summed E-state index contributed by atoms with van der Waals surface area (Å²) in [5.74, 6) is -0.196. The SMILES string of the molecule is Cc1cc(NC(=O)c2c(N)nn3ccc(-c4cc5c(c(NS(C)(=O)=O)c4)C(=O)N([C@@H](C)C4CC4)C5)nc23)cc(C)n1. The zero-order chi connectivity index (χ0) is 29.2. The van der Waals surface area contributed by atoms with Crippen LogP contribution in [0.15, 0.2) is 36.5 Å². The van der Waals surface area contributed by atoms with Crippen molar-refractivity contribution in [1.29, 1.82) is 0 Å². The number of anilines is 3. The maximum absolute atomic E-state index is 13.4. The largest absolute Gasteiger partial charge is 0.381 e. The monoisotopic (exact) mass is 574 g/mol. The average molecular weight is 575 g/mol. The highest BCUT2D eigenvalue weighted by Crippen LogP contribution is 2.41. The van der Waals surface area contributed by atoms with Crippen molar-refractivity contribution >= 4 is 44.7 Å². The van der Waals surface area contributed by atoms with Crippen molar-refractivity contribution in [1.82, 2.24) is 24.5 Å². The van der Waals surface area contributed by atoms with Crippen LogP contribution in [0, 0.1) is 19.8 Å². The van der Waals surface area contributed by atoms with Gasteiger partial charge < -0.3 is 16.0 Å². The van der Waals surface area contributed by atoms with Crippen LogP contribution in [0.4, 0.5) is 17.2 Å². The number of aryl methyl sites for hydroxylation is 2. The number of aromatic nitrogens is 4. The van der Waals surface area contributed by atoms with Crippen LogP contribution in [0.3, 0.4) is 0 Å². The molecule has 4 heterocycles. The normalized spacial score (nSPS) is 15.7. The van der Waals surface area contributed by atoms with Crippen molar-refractivity contribution in [3.05, 3.63) is 64.6 Å². The molecule has 1 saturated carbocycles. The molecule has 1 fully saturated rings. The molecule has 3 aromatic heterocycles. The first kappa shape index (κ1) is 26.7. The Bertz CT molecular complexity index is 1840. The van der Waals surface area contributed by atoms with Gasteiger partial charge in [0.05, 0.1) is 23.2 Å².